The fourth-order valence-electron chi connectivity index (χ4n) is 4.54. The summed E-state index contributed by atoms with van der Waals surface area (Å²) >= 11 is 1.62. The van der Waals surface area contributed by atoms with E-state index in [0.717, 1.165) is 20.8 Å². The van der Waals surface area contributed by atoms with Crippen LogP contribution in [0.4, 0.5) is 5.69 Å². The first-order valence-electron chi connectivity index (χ1n) is 10.7. The maximum Gasteiger partial charge on any atom is 0.306 e. The highest BCUT2D eigenvalue weighted by atomic mass is 32.1. The van der Waals surface area contributed by atoms with Gasteiger partial charge >= 0.3 is 5.97 Å². The van der Waals surface area contributed by atoms with Crippen molar-refractivity contribution in [1.82, 2.24) is 9.88 Å². The number of rotatable bonds is 4. The van der Waals surface area contributed by atoms with Gasteiger partial charge in [-0.25, -0.2) is 9.88 Å². The molecule has 1 N–H and O–H groups in total. The van der Waals surface area contributed by atoms with Crippen molar-refractivity contribution in [1.29, 1.82) is 0 Å². The van der Waals surface area contributed by atoms with Gasteiger partial charge in [0.1, 0.15) is 5.01 Å². The van der Waals surface area contributed by atoms with E-state index in [-0.39, 0.29) is 24.2 Å². The average Bonchev–Trinajstić information content (AvgIpc) is 3.34. The highest BCUT2D eigenvalue weighted by Gasteiger charge is 2.43. The van der Waals surface area contributed by atoms with Gasteiger partial charge in [0.25, 0.3) is 5.91 Å². The molecule has 0 bridgehead atoms. The summed E-state index contributed by atoms with van der Waals surface area (Å²) in [6, 6.07) is 13.0. The lowest BCUT2D eigenvalue weighted by molar-refractivity contribution is -0.143. The standard InChI is InChI=1S/C24H23N3O4S/c1-14-2-7-18-20(12-14)32-22(25-18)15-3-5-17(6-4-15)27-21(28)13-19(23(27)29)26-10-8-16(9-11-26)24(30)31/h2-7,12,16,19H,8-11,13H2,1H3,(H,30,31)/t19-/m1/s1. The summed E-state index contributed by atoms with van der Waals surface area (Å²) in [5, 5.41) is 10.1. The molecule has 2 amide bonds. The van der Waals surface area contributed by atoms with Crippen LogP contribution >= 0.6 is 11.3 Å². The van der Waals surface area contributed by atoms with E-state index in [0.29, 0.717) is 31.6 Å². The number of piperidine rings is 1. The molecule has 8 heteroatoms. The molecule has 3 heterocycles. The van der Waals surface area contributed by atoms with E-state index in [1.54, 1.807) is 23.5 Å². The van der Waals surface area contributed by atoms with Gasteiger partial charge in [-0.05, 0) is 74.8 Å². The van der Waals surface area contributed by atoms with E-state index < -0.39 is 12.0 Å². The monoisotopic (exact) mass is 449 g/mol. The van der Waals surface area contributed by atoms with Gasteiger partial charge in [0.05, 0.1) is 34.3 Å². The maximum atomic E-state index is 13.1. The minimum atomic E-state index is -0.788. The maximum absolute atomic E-state index is 13.1. The Morgan fingerprint density at radius 1 is 1.09 bits per heavy atom. The Kier molecular flexibility index (Phi) is 5.27. The second-order valence-corrected chi connectivity index (χ2v) is 9.50. The van der Waals surface area contributed by atoms with Crippen LogP contribution in [-0.2, 0) is 14.4 Å². The first-order chi connectivity index (χ1) is 15.4. The Morgan fingerprint density at radius 3 is 2.50 bits per heavy atom. The number of carboxylic acids is 1. The molecular weight excluding hydrogens is 426 g/mol. The van der Waals surface area contributed by atoms with Gasteiger partial charge in [-0.2, -0.15) is 0 Å². The van der Waals surface area contributed by atoms with Crippen LogP contribution in [0.15, 0.2) is 42.5 Å². The highest BCUT2D eigenvalue weighted by Crippen LogP contribution is 2.33. The van der Waals surface area contributed by atoms with Crippen LogP contribution in [0.1, 0.15) is 24.8 Å². The molecule has 1 aromatic heterocycles. The fraction of sp³-hybridized carbons (Fsp3) is 0.333. The summed E-state index contributed by atoms with van der Waals surface area (Å²) in [5.41, 5.74) is 3.65. The van der Waals surface area contributed by atoms with Gasteiger partial charge in [-0.15, -0.1) is 11.3 Å². The molecule has 0 saturated carbocycles. The number of thiazole rings is 1. The fourth-order valence-corrected chi connectivity index (χ4v) is 5.61. The Bertz CT molecular complexity index is 1210. The number of hydrogen-bond donors (Lipinski definition) is 1. The zero-order valence-corrected chi connectivity index (χ0v) is 18.5. The van der Waals surface area contributed by atoms with E-state index in [2.05, 4.69) is 13.0 Å². The van der Waals surface area contributed by atoms with Gasteiger partial charge < -0.3 is 5.11 Å². The molecule has 2 aromatic carbocycles. The van der Waals surface area contributed by atoms with E-state index in [4.69, 9.17) is 4.98 Å². The van der Waals surface area contributed by atoms with Crippen molar-refractivity contribution in [3.05, 3.63) is 48.0 Å². The molecule has 32 heavy (non-hydrogen) atoms. The number of imide groups is 1. The summed E-state index contributed by atoms with van der Waals surface area (Å²) in [6.07, 6.45) is 1.14. The van der Waals surface area contributed by atoms with E-state index in [1.807, 2.05) is 29.2 Å². The number of fused-ring (bicyclic) bond motifs is 1. The number of anilines is 1. The third-order valence-electron chi connectivity index (χ3n) is 6.36. The Morgan fingerprint density at radius 2 is 1.81 bits per heavy atom. The van der Waals surface area contributed by atoms with Gasteiger partial charge in [0, 0.05) is 5.56 Å². The number of hydrogen-bond acceptors (Lipinski definition) is 6. The van der Waals surface area contributed by atoms with Crippen LogP contribution in [-0.4, -0.2) is 51.9 Å². The second kappa shape index (κ2) is 8.11. The SMILES string of the molecule is Cc1ccc2nc(-c3ccc(N4C(=O)C[C@@H](N5CCC(C(=O)O)CC5)C4=O)cc3)sc2c1. The largest absolute Gasteiger partial charge is 0.481 e. The van der Waals surface area contributed by atoms with Gasteiger partial charge in [0.15, 0.2) is 0 Å². The number of aliphatic carboxylic acids is 1. The van der Waals surface area contributed by atoms with Gasteiger partial charge in [-0.3, -0.25) is 19.3 Å². The van der Waals surface area contributed by atoms with Crippen LogP contribution in [0.5, 0.6) is 0 Å². The average molecular weight is 450 g/mol. The van der Waals surface area contributed by atoms with Crippen LogP contribution < -0.4 is 4.90 Å². The van der Waals surface area contributed by atoms with Crippen molar-refractivity contribution in [2.24, 2.45) is 5.92 Å². The molecule has 7 nitrogen and oxygen atoms in total. The number of carboxylic acid groups (broad SMARTS) is 1. The van der Waals surface area contributed by atoms with Crippen molar-refractivity contribution in [2.75, 3.05) is 18.0 Å². The lowest BCUT2D eigenvalue weighted by Crippen LogP contribution is -2.46. The molecule has 1 atom stereocenters. The molecule has 164 valence electrons. The van der Waals surface area contributed by atoms with Crippen LogP contribution in [0.3, 0.4) is 0 Å². The molecule has 2 fully saturated rings. The zero-order chi connectivity index (χ0) is 22.4. The van der Waals surface area contributed by atoms with Crippen LogP contribution in [0.2, 0.25) is 0 Å². The number of carbonyl (C=O) groups excluding carboxylic acids is 2. The molecule has 2 aliphatic heterocycles. The van der Waals surface area contributed by atoms with E-state index >= 15 is 0 Å². The molecule has 5 rings (SSSR count). The molecule has 3 aromatic rings. The van der Waals surface area contributed by atoms with Gasteiger partial charge in [0.2, 0.25) is 5.91 Å². The molecule has 2 saturated heterocycles. The first-order valence-corrected chi connectivity index (χ1v) is 11.5. The predicted octanol–water partition coefficient (Wildman–Crippen LogP) is 3.70. The quantitative estimate of drug-likeness (QED) is 0.611. The van der Waals surface area contributed by atoms with Crippen molar-refractivity contribution in [3.63, 3.8) is 0 Å². The summed E-state index contributed by atoms with van der Waals surface area (Å²) in [6.45, 7) is 3.09. The van der Waals surface area contributed by atoms with Crippen molar-refractivity contribution in [3.8, 4) is 10.6 Å². The Labute approximate surface area is 189 Å². The van der Waals surface area contributed by atoms with Crippen LogP contribution in [0, 0.1) is 12.8 Å². The third-order valence-corrected chi connectivity index (χ3v) is 7.43. The van der Waals surface area contributed by atoms with Gasteiger partial charge in [-0.1, -0.05) is 6.07 Å². The number of benzene rings is 2. The molecule has 0 unspecified atom stereocenters. The normalized spacial score (nSPS) is 20.4. The summed E-state index contributed by atoms with van der Waals surface area (Å²) in [7, 11) is 0. The molecule has 2 aliphatic rings. The van der Waals surface area contributed by atoms with Crippen LogP contribution in [0.25, 0.3) is 20.8 Å². The Hall–Kier alpha value is -3.10. The summed E-state index contributed by atoms with van der Waals surface area (Å²) in [5.74, 6) is -1.60. The topological polar surface area (TPSA) is 90.8 Å². The predicted molar refractivity (Wildman–Crippen MR) is 123 cm³/mol. The molecule has 0 spiro atoms. The number of amides is 2. The number of carbonyl (C=O) groups is 3. The number of aryl methyl sites for hydroxylation is 1. The molecule has 0 radical (unpaired) electrons. The number of likely N-dealkylation sites (tertiary alicyclic amines) is 1. The number of nitrogens with zero attached hydrogens (tertiary/aromatic N) is 3. The summed E-state index contributed by atoms with van der Waals surface area (Å²) < 4.78 is 1.13. The van der Waals surface area contributed by atoms with E-state index in [1.165, 1.54) is 10.5 Å². The first kappa shape index (κ1) is 20.8. The lowest BCUT2D eigenvalue weighted by atomic mass is 9.96. The minimum Gasteiger partial charge on any atom is -0.481 e. The smallest absolute Gasteiger partial charge is 0.306 e. The number of aromatic nitrogens is 1. The molecular formula is C24H23N3O4S. The van der Waals surface area contributed by atoms with E-state index in [9.17, 15) is 19.5 Å². The van der Waals surface area contributed by atoms with Crippen molar-refractivity contribution in [2.45, 2.75) is 32.2 Å². The van der Waals surface area contributed by atoms with Crippen molar-refractivity contribution < 1.29 is 19.5 Å². The lowest BCUT2D eigenvalue weighted by Gasteiger charge is -2.33. The van der Waals surface area contributed by atoms with Crippen molar-refractivity contribution >= 4 is 45.0 Å². The third kappa shape index (κ3) is 3.69. The highest BCUT2D eigenvalue weighted by molar-refractivity contribution is 7.21. The second-order valence-electron chi connectivity index (χ2n) is 8.47. The zero-order valence-electron chi connectivity index (χ0n) is 17.7. The summed E-state index contributed by atoms with van der Waals surface area (Å²) in [4.78, 5) is 44.9. The Balaban J connectivity index is 1.33. The molecule has 0 aliphatic carbocycles. The minimum absolute atomic E-state index is 0.134.